The molecule has 20 heavy (non-hydrogen) atoms. The number of aryl methyl sites for hydroxylation is 1. The molecule has 4 heteroatoms. The first kappa shape index (κ1) is 15.2. The zero-order valence-corrected chi connectivity index (χ0v) is 12.8. The number of carboxylic acid groups (broad SMARTS) is 1. The van der Waals surface area contributed by atoms with Crippen LogP contribution in [0, 0.1) is 0 Å². The van der Waals surface area contributed by atoms with Crippen molar-refractivity contribution in [3.63, 3.8) is 0 Å². The molecule has 1 aromatic rings. The fraction of sp³-hybridized carbons (Fsp3) is 0.562. The van der Waals surface area contributed by atoms with Crippen molar-refractivity contribution in [3.05, 3.63) is 28.3 Å². The molecule has 0 heterocycles. The molecule has 0 atom stereocenters. The summed E-state index contributed by atoms with van der Waals surface area (Å²) >= 11 is 6.28. The molecular formula is C16H21ClO3. The predicted octanol–water partition coefficient (Wildman–Crippen LogP) is 4.20. The van der Waals surface area contributed by atoms with Crippen LogP contribution in [0.1, 0.15) is 50.2 Å². The molecule has 0 saturated heterocycles. The molecule has 3 nitrogen and oxygen atoms in total. The molecule has 1 aliphatic rings. The maximum absolute atomic E-state index is 12.0. The Morgan fingerprint density at radius 2 is 2.00 bits per heavy atom. The fourth-order valence-corrected chi connectivity index (χ4v) is 3.49. The first-order valence-corrected chi connectivity index (χ1v) is 7.53. The fourth-order valence-electron chi connectivity index (χ4n) is 3.17. The van der Waals surface area contributed by atoms with Gasteiger partial charge in [0.15, 0.2) is 0 Å². The van der Waals surface area contributed by atoms with E-state index in [1.165, 1.54) is 0 Å². The monoisotopic (exact) mass is 296 g/mol. The van der Waals surface area contributed by atoms with Crippen LogP contribution < -0.4 is 4.74 Å². The normalized spacial score (nSPS) is 17.8. The zero-order chi connectivity index (χ0) is 14.8. The van der Waals surface area contributed by atoms with E-state index in [0.717, 1.165) is 36.8 Å². The molecule has 0 bridgehead atoms. The summed E-state index contributed by atoms with van der Waals surface area (Å²) in [5, 5.41) is 10.3. The molecule has 0 aliphatic heterocycles. The van der Waals surface area contributed by atoms with Crippen molar-refractivity contribution in [3.8, 4) is 5.75 Å². The van der Waals surface area contributed by atoms with Gasteiger partial charge in [0, 0.05) is 5.56 Å². The molecule has 0 unspecified atom stereocenters. The molecule has 0 spiro atoms. The van der Waals surface area contributed by atoms with Gasteiger partial charge in [-0.1, -0.05) is 43.9 Å². The van der Waals surface area contributed by atoms with E-state index in [0.29, 0.717) is 23.6 Å². The Kier molecular flexibility index (Phi) is 4.59. The summed E-state index contributed by atoms with van der Waals surface area (Å²) in [6, 6.07) is 3.83. The smallest absolute Gasteiger partial charge is 0.314 e. The zero-order valence-electron chi connectivity index (χ0n) is 12.0. The Balaban J connectivity index is 2.63. The van der Waals surface area contributed by atoms with Gasteiger partial charge >= 0.3 is 5.97 Å². The third kappa shape index (κ3) is 2.51. The number of hydrogen-bond acceptors (Lipinski definition) is 2. The third-order valence-corrected chi connectivity index (χ3v) is 4.63. The maximum atomic E-state index is 12.0. The summed E-state index contributed by atoms with van der Waals surface area (Å²) in [6.07, 6.45) is 5.10. The Bertz CT molecular complexity index is 505. The SMILES string of the molecule is CCc1cc(Cl)c(OC)c(C2(C(=O)O)CCCCC2)c1. The Morgan fingerprint density at radius 1 is 1.35 bits per heavy atom. The van der Waals surface area contributed by atoms with Gasteiger partial charge in [0.1, 0.15) is 5.75 Å². The van der Waals surface area contributed by atoms with Gasteiger partial charge in [0.05, 0.1) is 17.5 Å². The largest absolute Gasteiger partial charge is 0.495 e. The lowest BCUT2D eigenvalue weighted by Gasteiger charge is -2.35. The average Bonchev–Trinajstić information content (AvgIpc) is 2.46. The minimum Gasteiger partial charge on any atom is -0.495 e. The van der Waals surface area contributed by atoms with Crippen LogP contribution in [0.4, 0.5) is 0 Å². The van der Waals surface area contributed by atoms with Gasteiger partial charge in [-0.15, -0.1) is 0 Å². The third-order valence-electron chi connectivity index (χ3n) is 4.35. The topological polar surface area (TPSA) is 46.5 Å². The van der Waals surface area contributed by atoms with Gasteiger partial charge < -0.3 is 9.84 Å². The molecule has 110 valence electrons. The second-order valence-electron chi connectivity index (χ2n) is 5.46. The van der Waals surface area contributed by atoms with E-state index in [-0.39, 0.29) is 0 Å². The average molecular weight is 297 g/mol. The van der Waals surface area contributed by atoms with Crippen molar-refractivity contribution in [1.29, 1.82) is 0 Å². The van der Waals surface area contributed by atoms with Crippen LogP contribution >= 0.6 is 11.6 Å². The number of methoxy groups -OCH3 is 1. The summed E-state index contributed by atoms with van der Waals surface area (Å²) < 4.78 is 5.41. The molecule has 0 aromatic heterocycles. The van der Waals surface area contributed by atoms with Crippen molar-refractivity contribution in [2.75, 3.05) is 7.11 Å². The highest BCUT2D eigenvalue weighted by Crippen LogP contribution is 2.46. The van der Waals surface area contributed by atoms with Crippen LogP contribution in [0.5, 0.6) is 5.75 Å². The highest BCUT2D eigenvalue weighted by Gasteiger charge is 2.43. The highest BCUT2D eigenvalue weighted by atomic mass is 35.5. The van der Waals surface area contributed by atoms with Crippen LogP contribution in [0.25, 0.3) is 0 Å². The van der Waals surface area contributed by atoms with Gasteiger partial charge in [-0.2, -0.15) is 0 Å². The molecule has 0 radical (unpaired) electrons. The standard InChI is InChI=1S/C16H21ClO3/c1-3-11-9-12(14(20-2)13(17)10-11)16(15(18)19)7-5-4-6-8-16/h9-10H,3-8H2,1-2H3,(H,18,19). The lowest BCUT2D eigenvalue weighted by molar-refractivity contribution is -0.145. The minimum atomic E-state index is -0.849. The first-order chi connectivity index (χ1) is 9.55. The molecule has 0 amide bonds. The van der Waals surface area contributed by atoms with Crippen LogP contribution in [-0.2, 0) is 16.6 Å². The summed E-state index contributed by atoms with van der Waals surface area (Å²) in [5.41, 5.74) is 0.951. The molecule has 1 fully saturated rings. The number of carbonyl (C=O) groups is 1. The minimum absolute atomic E-state index is 0.507. The van der Waals surface area contributed by atoms with Crippen LogP contribution in [0.15, 0.2) is 12.1 Å². The van der Waals surface area contributed by atoms with E-state index in [1.54, 1.807) is 7.11 Å². The van der Waals surface area contributed by atoms with E-state index in [1.807, 2.05) is 19.1 Å². The number of aliphatic carboxylic acids is 1. The number of benzene rings is 1. The van der Waals surface area contributed by atoms with Crippen molar-refractivity contribution >= 4 is 17.6 Å². The second kappa shape index (κ2) is 6.04. The second-order valence-corrected chi connectivity index (χ2v) is 5.87. The molecular weight excluding hydrogens is 276 g/mol. The summed E-state index contributed by atoms with van der Waals surface area (Å²) in [4.78, 5) is 12.0. The summed E-state index contributed by atoms with van der Waals surface area (Å²) in [6.45, 7) is 2.04. The molecule has 1 aromatic carbocycles. The van der Waals surface area contributed by atoms with Crippen molar-refractivity contribution < 1.29 is 14.6 Å². The molecule has 2 rings (SSSR count). The van der Waals surface area contributed by atoms with Crippen LogP contribution in [0.3, 0.4) is 0 Å². The number of carboxylic acids is 1. The highest BCUT2D eigenvalue weighted by molar-refractivity contribution is 6.32. The lowest BCUT2D eigenvalue weighted by atomic mass is 9.69. The number of rotatable bonds is 4. The first-order valence-electron chi connectivity index (χ1n) is 7.15. The van der Waals surface area contributed by atoms with E-state index < -0.39 is 11.4 Å². The lowest BCUT2D eigenvalue weighted by Crippen LogP contribution is -2.38. The van der Waals surface area contributed by atoms with Gasteiger partial charge in [-0.25, -0.2) is 0 Å². The van der Waals surface area contributed by atoms with Gasteiger partial charge in [-0.3, -0.25) is 4.79 Å². The van der Waals surface area contributed by atoms with Crippen molar-refractivity contribution in [2.45, 2.75) is 50.9 Å². The Morgan fingerprint density at radius 3 is 2.50 bits per heavy atom. The molecule has 1 aliphatic carbocycles. The number of hydrogen-bond donors (Lipinski definition) is 1. The van der Waals surface area contributed by atoms with E-state index >= 15 is 0 Å². The van der Waals surface area contributed by atoms with Crippen molar-refractivity contribution in [2.24, 2.45) is 0 Å². The van der Waals surface area contributed by atoms with E-state index in [4.69, 9.17) is 16.3 Å². The van der Waals surface area contributed by atoms with Crippen LogP contribution in [0.2, 0.25) is 5.02 Å². The van der Waals surface area contributed by atoms with Gasteiger partial charge in [0.25, 0.3) is 0 Å². The predicted molar refractivity (Wildman–Crippen MR) is 79.8 cm³/mol. The summed E-state index contributed by atoms with van der Waals surface area (Å²) in [5.74, 6) is -0.243. The van der Waals surface area contributed by atoms with E-state index in [2.05, 4.69) is 0 Å². The van der Waals surface area contributed by atoms with E-state index in [9.17, 15) is 9.90 Å². The van der Waals surface area contributed by atoms with Crippen molar-refractivity contribution in [1.82, 2.24) is 0 Å². The van der Waals surface area contributed by atoms with Gasteiger partial charge in [0.2, 0.25) is 0 Å². The Hall–Kier alpha value is -1.22. The summed E-state index contributed by atoms with van der Waals surface area (Å²) in [7, 11) is 1.55. The number of ether oxygens (including phenoxy) is 1. The van der Waals surface area contributed by atoms with Crippen LogP contribution in [-0.4, -0.2) is 18.2 Å². The quantitative estimate of drug-likeness (QED) is 0.906. The number of halogens is 1. The molecule has 1 N–H and O–H groups in total. The van der Waals surface area contributed by atoms with Gasteiger partial charge in [-0.05, 0) is 30.9 Å². The molecule has 1 saturated carbocycles. The maximum Gasteiger partial charge on any atom is 0.314 e. The Labute approximate surface area is 124 Å².